The fourth-order valence-electron chi connectivity index (χ4n) is 3.01. The highest BCUT2D eigenvalue weighted by Gasteiger charge is 2.23. The van der Waals surface area contributed by atoms with Gasteiger partial charge in [0.25, 0.3) is 0 Å². The van der Waals surface area contributed by atoms with Crippen molar-refractivity contribution >= 4 is 66.4 Å². The number of carbonyl (C=O) groups excluding carboxylic acids is 1. The number of anilines is 1. The van der Waals surface area contributed by atoms with Crippen LogP contribution in [0.4, 0.5) is 9.52 Å². The number of halogens is 3. The molecule has 11 heteroatoms. The second-order valence-corrected chi connectivity index (χ2v) is 10.8. The number of hydrogen-bond donors (Lipinski definition) is 0. The Bertz CT molecular complexity index is 1170. The van der Waals surface area contributed by atoms with Crippen LogP contribution in [-0.4, -0.2) is 57.1 Å². The quantitative estimate of drug-likeness (QED) is 0.384. The van der Waals surface area contributed by atoms with E-state index >= 15 is 0 Å². The lowest BCUT2D eigenvalue weighted by Crippen LogP contribution is -2.34. The lowest BCUT2D eigenvalue weighted by atomic mass is 10.3. The van der Waals surface area contributed by atoms with Gasteiger partial charge in [0.05, 0.1) is 20.4 Å². The first kappa shape index (κ1) is 26.5. The zero-order valence-corrected chi connectivity index (χ0v) is 20.8. The molecule has 0 radical (unpaired) electrons. The third kappa shape index (κ3) is 6.62. The van der Waals surface area contributed by atoms with Crippen molar-refractivity contribution in [2.24, 2.45) is 0 Å². The predicted molar refractivity (Wildman–Crippen MR) is 130 cm³/mol. The number of nitrogens with zero attached hydrogens (tertiary/aromatic N) is 3. The Balaban J connectivity index is 0.00000363. The van der Waals surface area contributed by atoms with E-state index in [1.165, 1.54) is 28.4 Å². The topological polar surface area (TPSA) is 70.6 Å². The van der Waals surface area contributed by atoms with E-state index in [9.17, 15) is 17.6 Å². The molecule has 1 heterocycles. The molecule has 0 fully saturated rings. The molecule has 0 aliphatic carbocycles. The summed E-state index contributed by atoms with van der Waals surface area (Å²) in [7, 11) is 0.173. The van der Waals surface area contributed by atoms with Crippen LogP contribution in [0.5, 0.6) is 0 Å². The largest absolute Gasteiger partial charge is 0.309 e. The molecule has 0 atom stereocenters. The summed E-state index contributed by atoms with van der Waals surface area (Å²) in [6.07, 6.45) is 0.498. The Kier molecular flexibility index (Phi) is 9.41. The first-order valence-corrected chi connectivity index (χ1v) is 12.5. The zero-order chi connectivity index (χ0) is 22.6. The van der Waals surface area contributed by atoms with Crippen molar-refractivity contribution in [1.82, 2.24) is 9.88 Å². The molecule has 174 valence electrons. The summed E-state index contributed by atoms with van der Waals surface area (Å²) in [5, 5.41) is 0.991. The summed E-state index contributed by atoms with van der Waals surface area (Å²) in [4.78, 5) is 21.1. The molecular formula is C21H24Cl2FN3O3S2. The van der Waals surface area contributed by atoms with Gasteiger partial charge in [-0.15, -0.1) is 12.4 Å². The van der Waals surface area contributed by atoms with E-state index < -0.39 is 15.7 Å². The van der Waals surface area contributed by atoms with Crippen LogP contribution in [0.15, 0.2) is 47.4 Å². The van der Waals surface area contributed by atoms with Gasteiger partial charge in [0.2, 0.25) is 5.91 Å². The zero-order valence-electron chi connectivity index (χ0n) is 17.6. The van der Waals surface area contributed by atoms with Gasteiger partial charge in [0.1, 0.15) is 11.3 Å². The Morgan fingerprint density at radius 2 is 1.81 bits per heavy atom. The monoisotopic (exact) mass is 519 g/mol. The minimum Gasteiger partial charge on any atom is -0.309 e. The SMILES string of the molecule is CN(C)CCCN(C(=O)CCS(=O)(=O)c1ccc(F)cc1)c1nc2c(Cl)cccc2s1.Cl. The summed E-state index contributed by atoms with van der Waals surface area (Å²) in [6, 6.07) is 10.0. The maximum Gasteiger partial charge on any atom is 0.229 e. The van der Waals surface area contributed by atoms with E-state index in [0.717, 1.165) is 23.4 Å². The average molecular weight is 520 g/mol. The van der Waals surface area contributed by atoms with Gasteiger partial charge >= 0.3 is 0 Å². The molecule has 32 heavy (non-hydrogen) atoms. The number of sulfone groups is 1. The molecule has 1 aromatic heterocycles. The highest BCUT2D eigenvalue weighted by Crippen LogP contribution is 2.33. The molecule has 0 spiro atoms. The van der Waals surface area contributed by atoms with Crippen LogP contribution >= 0.6 is 35.3 Å². The number of fused-ring (bicyclic) bond motifs is 1. The van der Waals surface area contributed by atoms with E-state index in [1.807, 2.05) is 31.1 Å². The third-order valence-electron chi connectivity index (χ3n) is 4.63. The Morgan fingerprint density at radius 3 is 2.44 bits per heavy atom. The molecule has 6 nitrogen and oxygen atoms in total. The van der Waals surface area contributed by atoms with Gasteiger partial charge in [-0.3, -0.25) is 9.69 Å². The van der Waals surface area contributed by atoms with Crippen molar-refractivity contribution in [1.29, 1.82) is 0 Å². The van der Waals surface area contributed by atoms with Crippen molar-refractivity contribution in [3.8, 4) is 0 Å². The maximum absolute atomic E-state index is 13.1. The van der Waals surface area contributed by atoms with Crippen molar-refractivity contribution in [2.75, 3.05) is 37.8 Å². The second kappa shape index (κ2) is 11.4. The Hall–Kier alpha value is -1.78. The van der Waals surface area contributed by atoms with Crippen molar-refractivity contribution < 1.29 is 17.6 Å². The number of thiazole rings is 1. The van der Waals surface area contributed by atoms with Crippen molar-refractivity contribution in [3.05, 3.63) is 53.3 Å². The molecule has 0 N–H and O–H groups in total. The third-order valence-corrected chi connectivity index (χ3v) is 7.72. The number of rotatable bonds is 9. The van der Waals surface area contributed by atoms with Gasteiger partial charge in [0.15, 0.2) is 15.0 Å². The average Bonchev–Trinajstić information content (AvgIpc) is 3.15. The maximum atomic E-state index is 13.1. The lowest BCUT2D eigenvalue weighted by molar-refractivity contribution is -0.118. The number of aromatic nitrogens is 1. The molecular weight excluding hydrogens is 496 g/mol. The Morgan fingerprint density at radius 1 is 1.12 bits per heavy atom. The number of carbonyl (C=O) groups is 1. The van der Waals surface area contributed by atoms with E-state index in [1.54, 1.807) is 6.07 Å². The van der Waals surface area contributed by atoms with Crippen molar-refractivity contribution in [2.45, 2.75) is 17.7 Å². The van der Waals surface area contributed by atoms with Crippen LogP contribution in [-0.2, 0) is 14.6 Å². The minimum absolute atomic E-state index is 0. The summed E-state index contributed by atoms with van der Waals surface area (Å²) >= 11 is 7.57. The standard InChI is InChI=1S/C21H23ClFN3O3S2.ClH/c1-25(2)12-4-13-26(21-24-20-17(22)5-3-6-18(20)30-21)19(27)11-14-31(28,29)16-9-7-15(23)8-10-16;/h3,5-10H,4,11-14H2,1-2H3;1H. The minimum atomic E-state index is -3.71. The number of amides is 1. The summed E-state index contributed by atoms with van der Waals surface area (Å²) in [5.74, 6) is -1.22. The Labute approximate surface area is 202 Å². The molecule has 0 aliphatic rings. The van der Waals surface area contributed by atoms with Crippen LogP contribution in [0.3, 0.4) is 0 Å². The van der Waals surface area contributed by atoms with Crippen LogP contribution in [0, 0.1) is 5.82 Å². The second-order valence-electron chi connectivity index (χ2n) is 7.31. The molecule has 0 saturated carbocycles. The highest BCUT2D eigenvalue weighted by molar-refractivity contribution is 7.91. The van der Waals surface area contributed by atoms with E-state index in [0.29, 0.717) is 28.6 Å². The van der Waals surface area contributed by atoms with Gasteiger partial charge in [0, 0.05) is 13.0 Å². The lowest BCUT2D eigenvalue weighted by Gasteiger charge is -2.21. The fraction of sp³-hybridized carbons (Fsp3) is 0.333. The van der Waals surface area contributed by atoms with Gasteiger partial charge in [-0.1, -0.05) is 29.0 Å². The predicted octanol–water partition coefficient (Wildman–Crippen LogP) is 4.66. The van der Waals surface area contributed by atoms with E-state index in [2.05, 4.69) is 4.98 Å². The van der Waals surface area contributed by atoms with Crippen LogP contribution in [0.25, 0.3) is 10.2 Å². The summed E-state index contributed by atoms with van der Waals surface area (Å²) in [5.41, 5.74) is 0.619. The van der Waals surface area contributed by atoms with Gasteiger partial charge in [-0.05, 0) is 63.5 Å². The summed E-state index contributed by atoms with van der Waals surface area (Å²) < 4.78 is 39.1. The number of para-hydroxylation sites is 1. The number of benzene rings is 2. The molecule has 1 amide bonds. The molecule has 0 bridgehead atoms. The van der Waals surface area contributed by atoms with Crippen molar-refractivity contribution in [3.63, 3.8) is 0 Å². The smallest absolute Gasteiger partial charge is 0.229 e. The molecule has 0 saturated heterocycles. The van der Waals surface area contributed by atoms with Gasteiger partial charge in [-0.2, -0.15) is 0 Å². The molecule has 3 rings (SSSR count). The molecule has 2 aromatic carbocycles. The van der Waals surface area contributed by atoms with Crippen LogP contribution in [0.1, 0.15) is 12.8 Å². The van der Waals surface area contributed by atoms with E-state index in [4.69, 9.17) is 11.6 Å². The van der Waals surface area contributed by atoms with Gasteiger partial charge < -0.3 is 4.90 Å². The van der Waals surface area contributed by atoms with E-state index in [-0.39, 0.29) is 35.4 Å². The van der Waals surface area contributed by atoms with Crippen LogP contribution < -0.4 is 4.90 Å². The van der Waals surface area contributed by atoms with Gasteiger partial charge in [-0.25, -0.2) is 17.8 Å². The first-order chi connectivity index (χ1) is 14.7. The highest BCUT2D eigenvalue weighted by atomic mass is 35.5. The number of hydrogen-bond acceptors (Lipinski definition) is 6. The molecule has 0 aliphatic heterocycles. The van der Waals surface area contributed by atoms with Crippen LogP contribution in [0.2, 0.25) is 5.02 Å². The first-order valence-electron chi connectivity index (χ1n) is 9.66. The fourth-order valence-corrected chi connectivity index (χ4v) is 5.55. The normalized spacial score (nSPS) is 11.5. The molecule has 0 unspecified atom stereocenters. The molecule has 3 aromatic rings. The summed E-state index contributed by atoms with van der Waals surface area (Å²) in [6.45, 7) is 1.17.